The Kier molecular flexibility index (Phi) is 7.98. The maximum absolute atomic E-state index is 13.2. The number of H-pyrrole nitrogens is 1. The van der Waals surface area contributed by atoms with Crippen molar-refractivity contribution in [2.45, 2.75) is 18.1 Å². The van der Waals surface area contributed by atoms with Crippen molar-refractivity contribution in [3.05, 3.63) is 82.0 Å². The average Bonchev–Trinajstić information content (AvgIpc) is 2.76. The van der Waals surface area contributed by atoms with Crippen LogP contribution in [0.2, 0.25) is 0 Å². The van der Waals surface area contributed by atoms with Crippen LogP contribution in [0, 0.1) is 5.82 Å². The number of nitrogens with one attached hydrogen (secondary N) is 3. The van der Waals surface area contributed by atoms with E-state index in [0.29, 0.717) is 18.0 Å². The summed E-state index contributed by atoms with van der Waals surface area (Å²) in [6.45, 7) is 0.307. The molecular formula is C22H21FN4O4S. The molecule has 2 aromatic carbocycles. The molecule has 0 aliphatic rings. The molecule has 166 valence electrons. The van der Waals surface area contributed by atoms with Gasteiger partial charge < -0.3 is 20.4 Å². The second-order valence-electron chi connectivity index (χ2n) is 6.69. The molecule has 0 aliphatic carbocycles. The van der Waals surface area contributed by atoms with Gasteiger partial charge in [0, 0.05) is 18.3 Å². The Hall–Kier alpha value is -3.66. The van der Waals surface area contributed by atoms with Gasteiger partial charge in [0.1, 0.15) is 11.6 Å². The number of benzene rings is 2. The highest BCUT2D eigenvalue weighted by atomic mass is 32.2. The van der Waals surface area contributed by atoms with Gasteiger partial charge in [0.2, 0.25) is 11.8 Å². The van der Waals surface area contributed by atoms with Gasteiger partial charge in [-0.05, 0) is 35.9 Å². The highest BCUT2D eigenvalue weighted by Gasteiger charge is 2.10. The van der Waals surface area contributed by atoms with Gasteiger partial charge in [-0.2, -0.15) is 0 Å². The van der Waals surface area contributed by atoms with E-state index in [1.807, 2.05) is 24.3 Å². The van der Waals surface area contributed by atoms with Crippen molar-refractivity contribution >= 4 is 29.3 Å². The summed E-state index contributed by atoms with van der Waals surface area (Å²) in [5.41, 5.74) is 1.06. The number of halogens is 1. The predicted molar refractivity (Wildman–Crippen MR) is 119 cm³/mol. The minimum absolute atomic E-state index is 0.0507. The highest BCUT2D eigenvalue weighted by molar-refractivity contribution is 7.99. The first-order valence-corrected chi connectivity index (χ1v) is 10.6. The van der Waals surface area contributed by atoms with Crippen LogP contribution < -0.4 is 20.9 Å². The minimum atomic E-state index is -0.459. The topological polar surface area (TPSA) is 113 Å². The number of aromatic amines is 1. The smallest absolute Gasteiger partial charge is 0.251 e. The zero-order valence-corrected chi connectivity index (χ0v) is 18.0. The summed E-state index contributed by atoms with van der Waals surface area (Å²) in [4.78, 5) is 43.0. The fraction of sp³-hybridized carbons (Fsp3) is 0.182. The normalized spacial score (nSPS) is 10.4. The molecule has 2 amide bonds. The number of nitrogens with zero attached hydrogens (tertiary/aromatic N) is 1. The van der Waals surface area contributed by atoms with E-state index < -0.39 is 11.4 Å². The SMILES string of the molecule is COc1cccc(CNC(=O)Cc2cc(=O)[nH]c(SCC(=O)Nc3cccc(F)c3)n2)c1. The number of rotatable bonds is 9. The standard InChI is InChI=1S/C22H21FN4O4S/c1-31-18-7-2-4-14(8-18)12-24-19(28)10-17-11-20(29)27-22(26-17)32-13-21(30)25-16-6-3-5-15(23)9-16/h2-9,11H,10,12-13H2,1H3,(H,24,28)(H,25,30)(H,26,27,29). The molecule has 0 spiro atoms. The van der Waals surface area contributed by atoms with E-state index in [0.717, 1.165) is 17.3 Å². The summed E-state index contributed by atoms with van der Waals surface area (Å²) in [5.74, 6) is -0.504. The molecule has 0 atom stereocenters. The first-order chi connectivity index (χ1) is 15.4. The lowest BCUT2D eigenvalue weighted by atomic mass is 10.2. The van der Waals surface area contributed by atoms with Crippen molar-refractivity contribution in [2.75, 3.05) is 18.2 Å². The molecule has 1 aromatic heterocycles. The van der Waals surface area contributed by atoms with Gasteiger partial charge in [-0.3, -0.25) is 14.4 Å². The van der Waals surface area contributed by atoms with Crippen molar-refractivity contribution in [1.82, 2.24) is 15.3 Å². The number of thioether (sulfide) groups is 1. The number of hydrogen-bond donors (Lipinski definition) is 3. The summed E-state index contributed by atoms with van der Waals surface area (Å²) in [7, 11) is 1.57. The largest absolute Gasteiger partial charge is 0.497 e. The predicted octanol–water partition coefficient (Wildman–Crippen LogP) is 2.51. The lowest BCUT2D eigenvalue weighted by molar-refractivity contribution is -0.120. The van der Waals surface area contributed by atoms with E-state index in [1.165, 1.54) is 24.3 Å². The Bertz CT molecular complexity index is 1170. The van der Waals surface area contributed by atoms with E-state index in [4.69, 9.17) is 4.74 Å². The quantitative estimate of drug-likeness (QED) is 0.337. The summed E-state index contributed by atoms with van der Waals surface area (Å²) < 4.78 is 18.4. The Morgan fingerprint density at radius 3 is 2.72 bits per heavy atom. The molecule has 3 aromatic rings. The number of hydrogen-bond acceptors (Lipinski definition) is 6. The maximum Gasteiger partial charge on any atom is 0.251 e. The monoisotopic (exact) mass is 456 g/mol. The molecule has 1 heterocycles. The van der Waals surface area contributed by atoms with Crippen LogP contribution in [0.3, 0.4) is 0 Å². The fourth-order valence-electron chi connectivity index (χ4n) is 2.75. The van der Waals surface area contributed by atoms with Gasteiger partial charge >= 0.3 is 0 Å². The molecule has 3 N–H and O–H groups in total. The maximum atomic E-state index is 13.2. The molecule has 0 fully saturated rings. The Labute approximate surface area is 187 Å². The molecule has 0 bridgehead atoms. The second kappa shape index (κ2) is 11.1. The van der Waals surface area contributed by atoms with Crippen LogP contribution in [0.5, 0.6) is 5.75 Å². The zero-order chi connectivity index (χ0) is 22.9. The van der Waals surface area contributed by atoms with E-state index in [2.05, 4.69) is 20.6 Å². The molecule has 0 radical (unpaired) electrons. The van der Waals surface area contributed by atoms with E-state index in [9.17, 15) is 18.8 Å². The number of aromatic nitrogens is 2. The van der Waals surface area contributed by atoms with Crippen molar-refractivity contribution in [3.8, 4) is 5.75 Å². The summed E-state index contributed by atoms with van der Waals surface area (Å²) in [5, 5.41) is 5.54. The molecule has 0 saturated carbocycles. The summed E-state index contributed by atoms with van der Waals surface area (Å²) in [6, 6.07) is 14.1. The van der Waals surface area contributed by atoms with Gasteiger partial charge in [0.15, 0.2) is 5.16 Å². The van der Waals surface area contributed by atoms with Crippen molar-refractivity contribution in [2.24, 2.45) is 0 Å². The lowest BCUT2D eigenvalue weighted by Crippen LogP contribution is -2.26. The third-order valence-electron chi connectivity index (χ3n) is 4.19. The average molecular weight is 456 g/mol. The molecule has 8 nitrogen and oxygen atoms in total. The minimum Gasteiger partial charge on any atom is -0.497 e. The van der Waals surface area contributed by atoms with E-state index >= 15 is 0 Å². The van der Waals surface area contributed by atoms with Crippen molar-refractivity contribution in [1.29, 1.82) is 0 Å². The summed E-state index contributed by atoms with van der Waals surface area (Å²) in [6.07, 6.45) is -0.0864. The number of carbonyl (C=O) groups excluding carboxylic acids is 2. The zero-order valence-electron chi connectivity index (χ0n) is 17.2. The first-order valence-electron chi connectivity index (χ1n) is 9.59. The number of amides is 2. The first kappa shape index (κ1) is 23.0. The van der Waals surface area contributed by atoms with Gasteiger partial charge in [-0.25, -0.2) is 9.37 Å². The number of ether oxygens (including phenoxy) is 1. The van der Waals surface area contributed by atoms with Crippen LogP contribution in [0.25, 0.3) is 0 Å². The van der Waals surface area contributed by atoms with Crippen molar-refractivity contribution < 1.29 is 18.7 Å². The Balaban J connectivity index is 1.53. The molecule has 0 aliphatic heterocycles. The Morgan fingerprint density at radius 1 is 1.12 bits per heavy atom. The number of anilines is 1. The third kappa shape index (κ3) is 7.24. The molecule has 3 rings (SSSR count). The van der Waals surface area contributed by atoms with Crippen LogP contribution in [-0.2, 0) is 22.6 Å². The second-order valence-corrected chi connectivity index (χ2v) is 7.66. The van der Waals surface area contributed by atoms with Crippen LogP contribution in [-0.4, -0.2) is 34.6 Å². The summed E-state index contributed by atoms with van der Waals surface area (Å²) >= 11 is 1.00. The van der Waals surface area contributed by atoms with Crippen LogP contribution in [0.4, 0.5) is 10.1 Å². The van der Waals surface area contributed by atoms with E-state index in [-0.39, 0.29) is 34.8 Å². The van der Waals surface area contributed by atoms with Crippen LogP contribution >= 0.6 is 11.8 Å². The third-order valence-corrected chi connectivity index (χ3v) is 5.06. The number of methoxy groups -OCH3 is 1. The van der Waals surface area contributed by atoms with Crippen LogP contribution in [0.1, 0.15) is 11.3 Å². The van der Waals surface area contributed by atoms with Crippen LogP contribution in [0.15, 0.2) is 64.5 Å². The Morgan fingerprint density at radius 2 is 1.94 bits per heavy atom. The molecular weight excluding hydrogens is 435 g/mol. The highest BCUT2D eigenvalue weighted by Crippen LogP contribution is 2.15. The molecule has 32 heavy (non-hydrogen) atoms. The number of carbonyl (C=O) groups is 2. The van der Waals surface area contributed by atoms with Gasteiger partial charge in [0.05, 0.1) is 25.0 Å². The molecule has 0 saturated heterocycles. The van der Waals surface area contributed by atoms with Gasteiger partial charge in [0.25, 0.3) is 5.56 Å². The lowest BCUT2D eigenvalue weighted by Gasteiger charge is -2.08. The van der Waals surface area contributed by atoms with Gasteiger partial charge in [-0.1, -0.05) is 30.0 Å². The molecule has 0 unspecified atom stereocenters. The van der Waals surface area contributed by atoms with Crippen molar-refractivity contribution in [3.63, 3.8) is 0 Å². The molecule has 10 heteroatoms. The fourth-order valence-corrected chi connectivity index (χ4v) is 3.44. The van der Waals surface area contributed by atoms with Gasteiger partial charge in [-0.15, -0.1) is 0 Å². The van der Waals surface area contributed by atoms with E-state index in [1.54, 1.807) is 13.2 Å².